The summed E-state index contributed by atoms with van der Waals surface area (Å²) < 4.78 is 27.8. The van der Waals surface area contributed by atoms with Crippen LogP contribution in [-0.4, -0.2) is 7.05 Å². The molecular formula is C16H16ClF2N. The number of nitrogens with one attached hydrogen (secondary N) is 1. The molecule has 1 unspecified atom stereocenters. The quantitative estimate of drug-likeness (QED) is 0.876. The van der Waals surface area contributed by atoms with Crippen LogP contribution < -0.4 is 5.32 Å². The van der Waals surface area contributed by atoms with Crippen molar-refractivity contribution in [2.45, 2.75) is 19.9 Å². The molecule has 0 saturated heterocycles. The Balaban J connectivity index is 2.55. The van der Waals surface area contributed by atoms with Crippen LogP contribution >= 0.6 is 11.6 Å². The molecule has 0 aromatic heterocycles. The lowest BCUT2D eigenvalue weighted by Crippen LogP contribution is -2.19. The Hall–Kier alpha value is -1.45. The molecule has 0 saturated carbocycles. The van der Waals surface area contributed by atoms with E-state index in [4.69, 9.17) is 11.6 Å². The topological polar surface area (TPSA) is 12.0 Å². The maximum Gasteiger partial charge on any atom is 0.128 e. The van der Waals surface area contributed by atoms with E-state index in [1.165, 1.54) is 12.1 Å². The predicted molar refractivity (Wildman–Crippen MR) is 78.2 cm³/mol. The Labute approximate surface area is 122 Å². The van der Waals surface area contributed by atoms with Crippen LogP contribution in [0.25, 0.3) is 0 Å². The van der Waals surface area contributed by atoms with Crippen molar-refractivity contribution in [1.29, 1.82) is 0 Å². The van der Waals surface area contributed by atoms with Crippen molar-refractivity contribution >= 4 is 11.6 Å². The molecule has 0 aliphatic rings. The molecule has 0 heterocycles. The largest absolute Gasteiger partial charge is 0.309 e. The van der Waals surface area contributed by atoms with Crippen LogP contribution in [0.3, 0.4) is 0 Å². The van der Waals surface area contributed by atoms with Crippen molar-refractivity contribution in [1.82, 2.24) is 5.32 Å². The highest BCUT2D eigenvalue weighted by atomic mass is 35.5. The van der Waals surface area contributed by atoms with Crippen molar-refractivity contribution in [2.24, 2.45) is 0 Å². The van der Waals surface area contributed by atoms with Gasteiger partial charge in [-0.25, -0.2) is 8.78 Å². The fourth-order valence-corrected chi connectivity index (χ4v) is 2.61. The average Bonchev–Trinajstić information content (AvgIpc) is 2.35. The van der Waals surface area contributed by atoms with Gasteiger partial charge in [-0.05, 0) is 61.9 Å². The molecule has 0 spiro atoms. The van der Waals surface area contributed by atoms with Crippen molar-refractivity contribution < 1.29 is 8.78 Å². The van der Waals surface area contributed by atoms with Crippen molar-refractivity contribution in [2.75, 3.05) is 7.05 Å². The van der Waals surface area contributed by atoms with Gasteiger partial charge in [0.15, 0.2) is 0 Å². The van der Waals surface area contributed by atoms with Gasteiger partial charge < -0.3 is 5.32 Å². The zero-order valence-corrected chi connectivity index (χ0v) is 12.4. The van der Waals surface area contributed by atoms with E-state index in [1.807, 2.05) is 19.1 Å². The van der Waals surface area contributed by atoms with Crippen LogP contribution in [0.1, 0.15) is 28.3 Å². The first-order valence-electron chi connectivity index (χ1n) is 6.32. The highest BCUT2D eigenvalue weighted by molar-refractivity contribution is 6.30. The molecule has 0 aliphatic heterocycles. The van der Waals surface area contributed by atoms with Gasteiger partial charge in [-0.1, -0.05) is 17.7 Å². The molecule has 2 aromatic carbocycles. The van der Waals surface area contributed by atoms with Gasteiger partial charge in [0.2, 0.25) is 0 Å². The number of halogens is 3. The van der Waals surface area contributed by atoms with Gasteiger partial charge in [0.05, 0.1) is 6.04 Å². The zero-order chi connectivity index (χ0) is 14.9. The predicted octanol–water partition coefficient (Wildman–Crippen LogP) is 4.54. The van der Waals surface area contributed by atoms with E-state index in [-0.39, 0.29) is 5.56 Å². The van der Waals surface area contributed by atoms with Crippen LogP contribution in [0.2, 0.25) is 5.02 Å². The fraction of sp³-hybridized carbons (Fsp3) is 0.250. The minimum absolute atomic E-state index is 0.275. The third-order valence-electron chi connectivity index (χ3n) is 3.28. The fourth-order valence-electron chi connectivity index (χ4n) is 2.32. The molecule has 4 heteroatoms. The normalized spacial score (nSPS) is 12.5. The molecule has 0 bridgehead atoms. The Kier molecular flexibility index (Phi) is 4.41. The van der Waals surface area contributed by atoms with Crippen LogP contribution in [0.15, 0.2) is 30.3 Å². The lowest BCUT2D eigenvalue weighted by atomic mass is 9.96. The Bertz CT molecular complexity index is 620. The van der Waals surface area contributed by atoms with E-state index in [9.17, 15) is 8.78 Å². The third-order valence-corrected chi connectivity index (χ3v) is 3.49. The van der Waals surface area contributed by atoms with Gasteiger partial charge in [0.1, 0.15) is 11.6 Å². The summed E-state index contributed by atoms with van der Waals surface area (Å²) in [7, 11) is 1.71. The lowest BCUT2D eigenvalue weighted by Gasteiger charge is -2.19. The summed E-state index contributed by atoms with van der Waals surface area (Å²) in [5, 5.41) is 3.59. The SMILES string of the molecule is CNC(c1cc(C)cc(Cl)c1)c1cc(F)c(C)cc1F. The number of hydrogen-bond acceptors (Lipinski definition) is 1. The second kappa shape index (κ2) is 5.90. The first kappa shape index (κ1) is 14.9. The molecule has 1 nitrogen and oxygen atoms in total. The van der Waals surface area contributed by atoms with Gasteiger partial charge >= 0.3 is 0 Å². The van der Waals surface area contributed by atoms with Crippen LogP contribution in [-0.2, 0) is 0 Å². The number of aryl methyl sites for hydroxylation is 2. The van der Waals surface area contributed by atoms with Crippen LogP contribution in [0.5, 0.6) is 0 Å². The average molecular weight is 296 g/mol. The first-order chi connectivity index (χ1) is 9.42. The van der Waals surface area contributed by atoms with Gasteiger partial charge in [0, 0.05) is 10.6 Å². The highest BCUT2D eigenvalue weighted by Crippen LogP contribution is 2.28. The number of hydrogen-bond donors (Lipinski definition) is 1. The van der Waals surface area contributed by atoms with Crippen LogP contribution in [0.4, 0.5) is 8.78 Å². The smallest absolute Gasteiger partial charge is 0.128 e. The molecule has 106 valence electrons. The summed E-state index contributed by atoms with van der Waals surface area (Å²) in [4.78, 5) is 0. The molecule has 20 heavy (non-hydrogen) atoms. The van der Waals surface area contributed by atoms with Crippen LogP contribution in [0, 0.1) is 25.5 Å². The molecular weight excluding hydrogens is 280 g/mol. The maximum atomic E-state index is 14.1. The molecule has 0 radical (unpaired) electrons. The summed E-state index contributed by atoms with van der Waals surface area (Å²) in [5.74, 6) is -0.846. The lowest BCUT2D eigenvalue weighted by molar-refractivity contribution is 0.553. The third kappa shape index (κ3) is 3.00. The first-order valence-corrected chi connectivity index (χ1v) is 6.70. The van der Waals surface area contributed by atoms with E-state index in [0.717, 1.165) is 11.1 Å². The van der Waals surface area contributed by atoms with E-state index >= 15 is 0 Å². The minimum Gasteiger partial charge on any atom is -0.309 e. The molecule has 0 aliphatic carbocycles. The summed E-state index contributed by atoms with van der Waals surface area (Å²) in [6.07, 6.45) is 0. The summed E-state index contributed by atoms with van der Waals surface area (Å²) >= 11 is 6.04. The molecule has 2 aromatic rings. The number of rotatable bonds is 3. The van der Waals surface area contributed by atoms with Crippen molar-refractivity contribution in [3.63, 3.8) is 0 Å². The molecule has 2 rings (SSSR count). The maximum absolute atomic E-state index is 14.1. The Morgan fingerprint density at radius 2 is 1.70 bits per heavy atom. The molecule has 0 amide bonds. The second-order valence-corrected chi connectivity index (χ2v) is 5.34. The number of benzene rings is 2. The standard InChI is InChI=1S/C16H16ClF2N/c1-9-4-11(7-12(17)5-9)16(20-3)13-8-14(18)10(2)6-15(13)19/h4-8,16,20H,1-3H3. The van der Waals surface area contributed by atoms with Crippen molar-refractivity contribution in [3.8, 4) is 0 Å². The van der Waals surface area contributed by atoms with Gasteiger partial charge in [-0.3, -0.25) is 0 Å². The summed E-state index contributed by atoms with van der Waals surface area (Å²) in [6.45, 7) is 3.45. The summed E-state index contributed by atoms with van der Waals surface area (Å²) in [5.41, 5.74) is 2.35. The second-order valence-electron chi connectivity index (χ2n) is 4.91. The molecule has 1 N–H and O–H groups in total. The Morgan fingerprint density at radius 3 is 2.30 bits per heavy atom. The van der Waals surface area contributed by atoms with Gasteiger partial charge in [-0.15, -0.1) is 0 Å². The van der Waals surface area contributed by atoms with E-state index in [1.54, 1.807) is 20.0 Å². The van der Waals surface area contributed by atoms with Crippen molar-refractivity contribution in [3.05, 3.63) is 69.2 Å². The molecule has 1 atom stereocenters. The minimum atomic E-state index is -0.442. The Morgan fingerprint density at radius 1 is 1.00 bits per heavy atom. The van der Waals surface area contributed by atoms with E-state index < -0.39 is 17.7 Å². The monoisotopic (exact) mass is 295 g/mol. The van der Waals surface area contributed by atoms with Gasteiger partial charge in [-0.2, -0.15) is 0 Å². The van der Waals surface area contributed by atoms with E-state index in [2.05, 4.69) is 5.32 Å². The summed E-state index contributed by atoms with van der Waals surface area (Å²) in [6, 6.07) is 7.50. The van der Waals surface area contributed by atoms with Gasteiger partial charge in [0.25, 0.3) is 0 Å². The highest BCUT2D eigenvalue weighted by Gasteiger charge is 2.18. The zero-order valence-electron chi connectivity index (χ0n) is 11.6. The van der Waals surface area contributed by atoms with E-state index in [0.29, 0.717) is 10.6 Å². The molecule has 0 fully saturated rings.